The van der Waals surface area contributed by atoms with Gasteiger partial charge in [0.05, 0.1) is 11.4 Å². The van der Waals surface area contributed by atoms with E-state index in [0.717, 1.165) is 43.9 Å². The summed E-state index contributed by atoms with van der Waals surface area (Å²) in [5.41, 5.74) is 14.9. The molecule has 126 valence electrons. The summed E-state index contributed by atoms with van der Waals surface area (Å²) in [6, 6.07) is 14.9. The standard InChI is InChI=1S/C19H24N4O/c20-13-14-8-10-23(11-9-14)18-12-15(6-7-17(18)21)19(24)22-16-4-2-1-3-5-16/h1-7,12,14H,8-11,13,20-21H2,(H,22,24). The van der Waals surface area contributed by atoms with Crippen molar-refractivity contribution >= 4 is 23.0 Å². The molecule has 2 aromatic rings. The molecule has 1 saturated heterocycles. The number of nitrogens with one attached hydrogen (secondary N) is 1. The Labute approximate surface area is 142 Å². The van der Waals surface area contributed by atoms with Crippen molar-refractivity contribution in [2.45, 2.75) is 12.8 Å². The van der Waals surface area contributed by atoms with E-state index in [2.05, 4.69) is 10.2 Å². The Bertz CT molecular complexity index is 694. The van der Waals surface area contributed by atoms with E-state index in [1.54, 1.807) is 6.07 Å². The lowest BCUT2D eigenvalue weighted by Gasteiger charge is -2.34. The van der Waals surface area contributed by atoms with Crippen molar-refractivity contribution in [3.05, 3.63) is 54.1 Å². The SMILES string of the molecule is NCC1CCN(c2cc(C(=O)Nc3ccccc3)ccc2N)CC1. The molecule has 0 atom stereocenters. The third kappa shape index (κ3) is 3.68. The van der Waals surface area contributed by atoms with Gasteiger partial charge < -0.3 is 21.7 Å². The maximum atomic E-state index is 12.5. The third-order valence-electron chi connectivity index (χ3n) is 4.61. The molecule has 3 rings (SSSR count). The monoisotopic (exact) mass is 324 g/mol. The van der Waals surface area contributed by atoms with Crippen LogP contribution in [0.3, 0.4) is 0 Å². The van der Waals surface area contributed by atoms with Gasteiger partial charge in [0.15, 0.2) is 0 Å². The molecule has 0 aliphatic carbocycles. The normalized spacial score (nSPS) is 15.3. The number of carbonyl (C=O) groups excluding carboxylic acids is 1. The second-order valence-corrected chi connectivity index (χ2v) is 6.26. The van der Waals surface area contributed by atoms with Crippen LogP contribution in [0.5, 0.6) is 0 Å². The van der Waals surface area contributed by atoms with Crippen LogP contribution in [0.4, 0.5) is 17.1 Å². The lowest BCUT2D eigenvalue weighted by molar-refractivity contribution is 0.102. The molecule has 5 N–H and O–H groups in total. The molecular weight excluding hydrogens is 300 g/mol. The largest absolute Gasteiger partial charge is 0.397 e. The van der Waals surface area contributed by atoms with Gasteiger partial charge in [-0.15, -0.1) is 0 Å². The van der Waals surface area contributed by atoms with Crippen LogP contribution in [-0.2, 0) is 0 Å². The summed E-state index contributed by atoms with van der Waals surface area (Å²) < 4.78 is 0. The molecule has 1 fully saturated rings. The van der Waals surface area contributed by atoms with Crippen LogP contribution < -0.4 is 21.7 Å². The summed E-state index contributed by atoms with van der Waals surface area (Å²) in [4.78, 5) is 14.7. The van der Waals surface area contributed by atoms with E-state index < -0.39 is 0 Å². The molecule has 1 aliphatic rings. The van der Waals surface area contributed by atoms with Gasteiger partial charge in [-0.05, 0) is 55.6 Å². The van der Waals surface area contributed by atoms with E-state index in [1.807, 2.05) is 42.5 Å². The number of hydrogen-bond donors (Lipinski definition) is 3. The number of para-hydroxylation sites is 1. The van der Waals surface area contributed by atoms with Crippen LogP contribution in [0.25, 0.3) is 0 Å². The van der Waals surface area contributed by atoms with E-state index in [0.29, 0.717) is 17.2 Å². The smallest absolute Gasteiger partial charge is 0.255 e. The van der Waals surface area contributed by atoms with Gasteiger partial charge in [-0.3, -0.25) is 4.79 Å². The van der Waals surface area contributed by atoms with E-state index in [4.69, 9.17) is 11.5 Å². The highest BCUT2D eigenvalue weighted by molar-refractivity contribution is 6.05. The van der Waals surface area contributed by atoms with Gasteiger partial charge in [-0.25, -0.2) is 0 Å². The van der Waals surface area contributed by atoms with Gasteiger partial charge in [-0.2, -0.15) is 0 Å². The molecule has 5 heteroatoms. The Morgan fingerprint density at radius 2 is 1.83 bits per heavy atom. The summed E-state index contributed by atoms with van der Waals surface area (Å²) in [5.74, 6) is 0.464. The van der Waals surface area contributed by atoms with Crippen LogP contribution in [0.1, 0.15) is 23.2 Å². The van der Waals surface area contributed by atoms with Crippen molar-refractivity contribution < 1.29 is 4.79 Å². The number of nitrogens with two attached hydrogens (primary N) is 2. The summed E-state index contributed by atoms with van der Waals surface area (Å²) >= 11 is 0. The predicted octanol–water partition coefficient (Wildman–Crippen LogP) is 2.70. The number of benzene rings is 2. The molecule has 24 heavy (non-hydrogen) atoms. The first-order chi connectivity index (χ1) is 11.7. The zero-order valence-corrected chi connectivity index (χ0v) is 13.7. The Kier molecular flexibility index (Phi) is 5.01. The molecule has 1 aliphatic heterocycles. The van der Waals surface area contributed by atoms with Crippen LogP contribution in [0, 0.1) is 5.92 Å². The fourth-order valence-electron chi connectivity index (χ4n) is 3.09. The average Bonchev–Trinajstić information content (AvgIpc) is 2.63. The highest BCUT2D eigenvalue weighted by atomic mass is 16.1. The van der Waals surface area contributed by atoms with E-state index >= 15 is 0 Å². The first-order valence-electron chi connectivity index (χ1n) is 8.38. The van der Waals surface area contributed by atoms with E-state index in [-0.39, 0.29) is 5.91 Å². The lowest BCUT2D eigenvalue weighted by atomic mass is 9.96. The topological polar surface area (TPSA) is 84.4 Å². The van der Waals surface area contributed by atoms with E-state index in [1.165, 1.54) is 0 Å². The molecule has 1 heterocycles. The molecular formula is C19H24N4O. The highest BCUT2D eigenvalue weighted by Crippen LogP contribution is 2.29. The van der Waals surface area contributed by atoms with Crippen LogP contribution >= 0.6 is 0 Å². The van der Waals surface area contributed by atoms with E-state index in [9.17, 15) is 4.79 Å². The number of nitrogen functional groups attached to an aromatic ring is 1. The number of carbonyl (C=O) groups is 1. The van der Waals surface area contributed by atoms with Gasteiger partial charge in [-0.1, -0.05) is 18.2 Å². The molecule has 1 amide bonds. The number of rotatable bonds is 4. The summed E-state index contributed by atoms with van der Waals surface area (Å²) in [6.07, 6.45) is 2.13. The zero-order chi connectivity index (χ0) is 16.9. The predicted molar refractivity (Wildman–Crippen MR) is 99.2 cm³/mol. The quantitative estimate of drug-likeness (QED) is 0.755. The van der Waals surface area contributed by atoms with Gasteiger partial charge in [0.2, 0.25) is 0 Å². The van der Waals surface area contributed by atoms with Crippen LogP contribution in [0.15, 0.2) is 48.5 Å². The lowest BCUT2D eigenvalue weighted by Crippen LogP contribution is -2.36. The Balaban J connectivity index is 1.75. The number of nitrogens with zero attached hydrogens (tertiary/aromatic N) is 1. The minimum atomic E-state index is -0.126. The molecule has 0 aromatic heterocycles. The first kappa shape index (κ1) is 16.3. The molecule has 0 saturated carbocycles. The van der Waals surface area contributed by atoms with Crippen LogP contribution in [-0.4, -0.2) is 25.5 Å². The molecule has 0 radical (unpaired) electrons. The molecule has 0 bridgehead atoms. The first-order valence-corrected chi connectivity index (χ1v) is 8.38. The van der Waals surface area contributed by atoms with Gasteiger partial charge >= 0.3 is 0 Å². The number of amides is 1. The number of piperidine rings is 1. The highest BCUT2D eigenvalue weighted by Gasteiger charge is 2.20. The molecule has 2 aromatic carbocycles. The second-order valence-electron chi connectivity index (χ2n) is 6.26. The van der Waals surface area contributed by atoms with Gasteiger partial charge in [0, 0.05) is 24.3 Å². The van der Waals surface area contributed by atoms with Gasteiger partial charge in [0.1, 0.15) is 0 Å². The maximum absolute atomic E-state index is 12.5. The summed E-state index contributed by atoms with van der Waals surface area (Å²) in [5, 5.41) is 2.91. The fraction of sp³-hybridized carbons (Fsp3) is 0.316. The zero-order valence-electron chi connectivity index (χ0n) is 13.7. The molecule has 0 unspecified atom stereocenters. The summed E-state index contributed by atoms with van der Waals surface area (Å²) in [7, 11) is 0. The van der Waals surface area contributed by atoms with Crippen molar-refractivity contribution in [3.63, 3.8) is 0 Å². The Hall–Kier alpha value is -2.53. The van der Waals surface area contributed by atoms with Crippen molar-refractivity contribution in [2.24, 2.45) is 11.7 Å². The second kappa shape index (κ2) is 7.36. The Morgan fingerprint density at radius 1 is 1.12 bits per heavy atom. The average molecular weight is 324 g/mol. The fourth-order valence-corrected chi connectivity index (χ4v) is 3.09. The Morgan fingerprint density at radius 3 is 2.50 bits per heavy atom. The minimum Gasteiger partial charge on any atom is -0.397 e. The van der Waals surface area contributed by atoms with Crippen molar-refractivity contribution in [2.75, 3.05) is 35.6 Å². The van der Waals surface area contributed by atoms with Crippen molar-refractivity contribution in [1.82, 2.24) is 0 Å². The minimum absolute atomic E-state index is 0.126. The maximum Gasteiger partial charge on any atom is 0.255 e. The number of hydrogen-bond acceptors (Lipinski definition) is 4. The van der Waals surface area contributed by atoms with Crippen LogP contribution in [0.2, 0.25) is 0 Å². The van der Waals surface area contributed by atoms with Crippen molar-refractivity contribution in [1.29, 1.82) is 0 Å². The third-order valence-corrected chi connectivity index (χ3v) is 4.61. The molecule has 0 spiro atoms. The van der Waals surface area contributed by atoms with Gasteiger partial charge in [0.25, 0.3) is 5.91 Å². The summed E-state index contributed by atoms with van der Waals surface area (Å²) in [6.45, 7) is 2.59. The number of anilines is 3. The molecule has 5 nitrogen and oxygen atoms in total. The van der Waals surface area contributed by atoms with Crippen molar-refractivity contribution in [3.8, 4) is 0 Å².